The molecule has 8 N–H and O–H groups in total. The predicted molar refractivity (Wildman–Crippen MR) is 213 cm³/mol. The van der Waals surface area contributed by atoms with Gasteiger partial charge >= 0.3 is 43.2 Å². The van der Waals surface area contributed by atoms with Gasteiger partial charge in [0.2, 0.25) is 0 Å². The molecule has 6 rings (SSSR count). The van der Waals surface area contributed by atoms with Crippen LogP contribution in [-0.4, -0.2) is 107 Å². The Bertz CT molecular complexity index is 2060. The van der Waals surface area contributed by atoms with Gasteiger partial charge in [-0.15, -0.1) is 0 Å². The van der Waals surface area contributed by atoms with E-state index in [1.54, 1.807) is 53.1 Å². The first-order valence-electron chi connectivity index (χ1n) is 17.9. The summed E-state index contributed by atoms with van der Waals surface area (Å²) >= 11 is 11.9. The van der Waals surface area contributed by atoms with E-state index < -0.39 is 29.4 Å². The molecule has 2 aliphatic heterocycles. The minimum atomic E-state index is -4.53. The maximum absolute atomic E-state index is 13.0. The van der Waals surface area contributed by atoms with Gasteiger partial charge in [0, 0.05) is 61.7 Å². The largest absolute Gasteiger partial charge is 1.00 e. The Morgan fingerprint density at radius 1 is 0.738 bits per heavy atom. The van der Waals surface area contributed by atoms with Gasteiger partial charge in [0.1, 0.15) is 0 Å². The van der Waals surface area contributed by atoms with E-state index in [9.17, 15) is 35.9 Å². The summed E-state index contributed by atoms with van der Waals surface area (Å²) in [5.41, 5.74) is 11.6. The number of benzene rings is 2. The summed E-state index contributed by atoms with van der Waals surface area (Å²) in [5.74, 6) is -0.759. The number of piperazine rings is 2. The molecule has 2 aliphatic rings. The van der Waals surface area contributed by atoms with Gasteiger partial charge in [0.25, 0.3) is 0 Å². The van der Waals surface area contributed by atoms with Crippen molar-refractivity contribution in [2.24, 2.45) is 0 Å². The number of halogens is 8. The van der Waals surface area contributed by atoms with Crippen molar-refractivity contribution in [2.75, 3.05) is 80.2 Å². The van der Waals surface area contributed by atoms with E-state index in [0.29, 0.717) is 55.9 Å². The first-order valence-corrected chi connectivity index (χ1v) is 18.6. The Kier molecular flexibility index (Phi) is 19.4. The standard InChI is InChI=1S/C20H22ClF3N4O2.C18H18ClF3N4O2.Li.2H2O/c1-2-30-18(29)12-27-7-8-28(17(11-27)13-3-5-15(21)6-4-13)19-16(25)9-14(10-26-19)20(22,23)24;19-13-3-1-11(2-4-13)15-9-25(10-16(27)28)5-6-26(15)17-14(23)7-12(8-24-17)18(20,21)22;;;/h3-6,9-10,17H,2,7-8,11-12,25H2,1H3;1-4,7-8,15H,5-6,9-10,23H2,(H,27,28);;2*1H2/q;;+1;;/p-1. The van der Waals surface area contributed by atoms with Crippen molar-refractivity contribution >= 4 is 58.2 Å². The van der Waals surface area contributed by atoms with Crippen molar-refractivity contribution in [1.29, 1.82) is 0 Å². The van der Waals surface area contributed by atoms with Gasteiger partial charge in [-0.2, -0.15) is 26.3 Å². The Balaban J connectivity index is 0.000000401. The van der Waals surface area contributed by atoms with Gasteiger partial charge in [0.15, 0.2) is 11.6 Å². The Labute approximate surface area is 369 Å². The minimum absolute atomic E-state index is 0. The number of ether oxygens (including phenoxy) is 1. The summed E-state index contributed by atoms with van der Waals surface area (Å²) in [6.07, 6.45) is -7.51. The molecule has 0 spiro atoms. The van der Waals surface area contributed by atoms with Crippen LogP contribution in [0.5, 0.6) is 0 Å². The number of esters is 1. The molecule has 2 fully saturated rings. The fourth-order valence-corrected chi connectivity index (χ4v) is 6.99. The Morgan fingerprint density at radius 2 is 1.11 bits per heavy atom. The second-order valence-electron chi connectivity index (χ2n) is 13.5. The Hall–Kier alpha value is -4.52. The van der Waals surface area contributed by atoms with Gasteiger partial charge < -0.3 is 42.1 Å². The summed E-state index contributed by atoms with van der Waals surface area (Å²) in [5, 5.41) is 10.2. The fourth-order valence-electron chi connectivity index (χ4n) is 6.73. The first-order chi connectivity index (χ1) is 27.3. The molecule has 61 heavy (non-hydrogen) atoms. The second-order valence-corrected chi connectivity index (χ2v) is 14.3. The van der Waals surface area contributed by atoms with Crippen LogP contribution in [0.3, 0.4) is 0 Å². The number of carbonyl (C=O) groups excluding carboxylic acids is 1. The van der Waals surface area contributed by atoms with Crippen molar-refractivity contribution in [1.82, 2.24) is 19.8 Å². The number of hydrogen-bond acceptors (Lipinski definition) is 12. The number of aliphatic carboxylic acids is 1. The number of carbonyl (C=O) groups is 2. The van der Waals surface area contributed by atoms with Crippen molar-refractivity contribution in [3.63, 3.8) is 0 Å². The molecule has 2 aromatic heterocycles. The average molecular weight is 900 g/mol. The number of rotatable bonds is 9. The van der Waals surface area contributed by atoms with Crippen molar-refractivity contribution in [3.05, 3.63) is 105 Å². The number of nitrogens with zero attached hydrogens (tertiary/aromatic N) is 6. The summed E-state index contributed by atoms with van der Waals surface area (Å²) in [7, 11) is 0. The third-order valence-electron chi connectivity index (χ3n) is 9.44. The molecule has 2 unspecified atom stereocenters. The zero-order valence-electron chi connectivity index (χ0n) is 32.9. The Morgan fingerprint density at radius 3 is 1.44 bits per heavy atom. The molecule has 0 aliphatic carbocycles. The molecule has 0 saturated carbocycles. The zero-order valence-corrected chi connectivity index (χ0v) is 34.4. The third-order valence-corrected chi connectivity index (χ3v) is 9.95. The van der Waals surface area contributed by atoms with Crippen LogP contribution in [0.15, 0.2) is 73.1 Å². The number of carboxylic acid groups (broad SMARTS) is 1. The molecule has 4 heterocycles. The number of carboxylic acids is 1. The summed E-state index contributed by atoms with van der Waals surface area (Å²) in [6.45, 7) is 4.55. The van der Waals surface area contributed by atoms with E-state index in [-0.39, 0.29) is 84.0 Å². The van der Waals surface area contributed by atoms with Crippen LogP contribution in [0.25, 0.3) is 0 Å². The number of anilines is 4. The molecule has 0 radical (unpaired) electrons. The quantitative estimate of drug-likeness (QED) is 0.125. The zero-order chi connectivity index (χ0) is 42.4. The van der Waals surface area contributed by atoms with Crippen LogP contribution < -0.4 is 40.1 Å². The molecule has 14 nitrogen and oxygen atoms in total. The maximum Gasteiger partial charge on any atom is 1.00 e. The van der Waals surface area contributed by atoms with Crippen LogP contribution in [0.4, 0.5) is 49.4 Å². The number of nitrogens with two attached hydrogens (primary N) is 2. The van der Waals surface area contributed by atoms with Crippen LogP contribution >= 0.6 is 23.2 Å². The monoisotopic (exact) mass is 898 g/mol. The van der Waals surface area contributed by atoms with E-state index in [1.165, 1.54) is 0 Å². The second kappa shape index (κ2) is 22.5. The molecule has 4 aromatic rings. The number of pyridine rings is 2. The van der Waals surface area contributed by atoms with Gasteiger partial charge in [-0.25, -0.2) is 9.97 Å². The molecule has 23 heteroatoms. The fraction of sp³-hybridized carbons (Fsp3) is 0.368. The SMILES string of the molecule is CCOC(=O)CN1CCN(c2ncc(C(F)(F)F)cc2N)C(c2ccc(Cl)cc2)C1.Nc1cc(C(F)(F)F)cnc1N1CCN(CC(=O)O)CC1c1ccc(Cl)cc1.O.[Li+].[OH-]. The van der Waals surface area contributed by atoms with Crippen molar-refractivity contribution < 1.29 is 75.6 Å². The number of nitrogen functional groups attached to an aromatic ring is 2. The average Bonchev–Trinajstić information content (AvgIpc) is 3.15. The van der Waals surface area contributed by atoms with E-state index in [0.717, 1.165) is 35.7 Å². The summed E-state index contributed by atoms with van der Waals surface area (Å²) in [6, 6.07) is 15.3. The van der Waals surface area contributed by atoms with E-state index >= 15 is 0 Å². The topological polar surface area (TPSA) is 216 Å². The van der Waals surface area contributed by atoms with Gasteiger partial charge in [-0.05, 0) is 54.4 Å². The molecule has 328 valence electrons. The van der Waals surface area contributed by atoms with Crippen LogP contribution in [-0.2, 0) is 26.7 Å². The molecular weight excluding hydrogens is 856 g/mol. The molecule has 0 amide bonds. The molecule has 2 aromatic carbocycles. The number of hydrogen-bond donors (Lipinski definition) is 3. The number of alkyl halides is 6. The van der Waals surface area contributed by atoms with Crippen LogP contribution in [0, 0.1) is 0 Å². The van der Waals surface area contributed by atoms with Crippen molar-refractivity contribution in [3.8, 4) is 0 Å². The summed E-state index contributed by atoms with van der Waals surface area (Å²) < 4.78 is 82.7. The smallest absolute Gasteiger partial charge is 0.870 e. The molecule has 2 atom stereocenters. The van der Waals surface area contributed by atoms with Crippen LogP contribution in [0.1, 0.15) is 41.3 Å². The number of aromatic nitrogens is 2. The summed E-state index contributed by atoms with van der Waals surface area (Å²) in [4.78, 5) is 38.3. The van der Waals surface area contributed by atoms with Gasteiger partial charge in [0.05, 0.1) is 54.3 Å². The van der Waals surface area contributed by atoms with Crippen LogP contribution in [0.2, 0.25) is 10.0 Å². The minimum Gasteiger partial charge on any atom is -0.870 e. The first kappa shape index (κ1) is 52.6. The molecule has 2 saturated heterocycles. The van der Waals surface area contributed by atoms with E-state index in [1.807, 2.05) is 21.9 Å². The van der Waals surface area contributed by atoms with Gasteiger partial charge in [-0.3, -0.25) is 19.4 Å². The van der Waals surface area contributed by atoms with Crippen molar-refractivity contribution in [2.45, 2.75) is 31.4 Å². The van der Waals surface area contributed by atoms with E-state index in [2.05, 4.69) is 9.97 Å². The molecule has 0 bridgehead atoms. The third kappa shape index (κ3) is 14.0. The van der Waals surface area contributed by atoms with E-state index in [4.69, 9.17) is 44.5 Å². The predicted octanol–water partition coefficient (Wildman–Crippen LogP) is 3.05. The normalized spacial score (nSPS) is 17.1. The van der Waals surface area contributed by atoms with Gasteiger partial charge in [-0.1, -0.05) is 47.5 Å². The maximum atomic E-state index is 13.0. The molecular formula is C38H43Cl2F6LiN8O6.